The molecule has 190 valence electrons. The first-order chi connectivity index (χ1) is 16.1. The molecule has 2 aromatic rings. The lowest BCUT2D eigenvalue weighted by Gasteiger charge is -2.18. The van der Waals surface area contributed by atoms with Crippen LogP contribution in [0.3, 0.4) is 0 Å². The van der Waals surface area contributed by atoms with Gasteiger partial charge >= 0.3 is 6.18 Å². The van der Waals surface area contributed by atoms with E-state index in [1.807, 2.05) is 20.8 Å². The van der Waals surface area contributed by atoms with E-state index in [0.717, 1.165) is 18.2 Å². The van der Waals surface area contributed by atoms with Crippen LogP contribution < -0.4 is 5.32 Å². The highest BCUT2D eigenvalue weighted by Gasteiger charge is 2.39. The van der Waals surface area contributed by atoms with Crippen molar-refractivity contribution in [2.75, 3.05) is 6.54 Å². The number of Topliss-reactive ketones (excluding diaryl/α,β-unsaturated/α-hetero) is 1. The monoisotopic (exact) mass is 611 g/mol. The van der Waals surface area contributed by atoms with Gasteiger partial charge in [-0.05, 0) is 40.8 Å². The SMILES string of the molecule is CC(C)(C)CNC(=O)CCC(=O)c1ccc(/C=C/C(c2cc(Cl)c(Cl)c(Cl)c2)C(F)(F)F)cc1Br. The molecule has 0 saturated carbocycles. The number of hydrogen-bond donors (Lipinski definition) is 1. The van der Waals surface area contributed by atoms with Gasteiger partial charge in [0.25, 0.3) is 0 Å². The van der Waals surface area contributed by atoms with Crippen LogP contribution in [0, 0.1) is 5.41 Å². The van der Waals surface area contributed by atoms with Crippen molar-refractivity contribution in [3.63, 3.8) is 0 Å². The summed E-state index contributed by atoms with van der Waals surface area (Å²) in [6.45, 7) is 6.46. The summed E-state index contributed by atoms with van der Waals surface area (Å²) in [6.07, 6.45) is -2.26. The summed E-state index contributed by atoms with van der Waals surface area (Å²) in [5.41, 5.74) is 0.568. The number of rotatable bonds is 8. The molecular formula is C25H24BrCl3F3NO2. The summed E-state index contributed by atoms with van der Waals surface area (Å²) in [5, 5.41) is 2.62. The molecule has 2 rings (SSSR count). The smallest absolute Gasteiger partial charge is 0.356 e. The molecule has 0 heterocycles. The van der Waals surface area contributed by atoms with Gasteiger partial charge in [0.1, 0.15) is 0 Å². The van der Waals surface area contributed by atoms with Gasteiger partial charge in [-0.2, -0.15) is 13.2 Å². The van der Waals surface area contributed by atoms with E-state index in [-0.39, 0.29) is 50.6 Å². The maximum Gasteiger partial charge on any atom is 0.399 e. The molecule has 10 heteroatoms. The van der Waals surface area contributed by atoms with Gasteiger partial charge in [-0.15, -0.1) is 0 Å². The van der Waals surface area contributed by atoms with Crippen LogP contribution in [0.15, 0.2) is 40.9 Å². The Hall–Kier alpha value is -1.54. The Morgan fingerprint density at radius 2 is 1.63 bits per heavy atom. The highest BCUT2D eigenvalue weighted by molar-refractivity contribution is 9.10. The Morgan fingerprint density at radius 1 is 1.03 bits per heavy atom. The first-order valence-corrected chi connectivity index (χ1v) is 12.5. The van der Waals surface area contributed by atoms with E-state index >= 15 is 0 Å². The number of carbonyl (C=O) groups excluding carboxylic acids is 2. The van der Waals surface area contributed by atoms with E-state index in [1.54, 1.807) is 6.07 Å². The molecule has 1 atom stereocenters. The number of alkyl halides is 3. The van der Waals surface area contributed by atoms with Crippen LogP contribution in [0.5, 0.6) is 0 Å². The van der Waals surface area contributed by atoms with Crippen LogP contribution in [0.1, 0.15) is 61.0 Å². The third kappa shape index (κ3) is 9.12. The number of benzene rings is 2. The zero-order valence-electron chi connectivity index (χ0n) is 19.2. The molecule has 0 spiro atoms. The predicted molar refractivity (Wildman–Crippen MR) is 139 cm³/mol. The molecule has 0 bridgehead atoms. The van der Waals surface area contributed by atoms with E-state index in [0.29, 0.717) is 22.1 Å². The zero-order valence-corrected chi connectivity index (χ0v) is 23.1. The summed E-state index contributed by atoms with van der Waals surface area (Å²) in [4.78, 5) is 24.5. The maximum atomic E-state index is 13.7. The van der Waals surface area contributed by atoms with Crippen LogP contribution in [0.2, 0.25) is 15.1 Å². The van der Waals surface area contributed by atoms with Crippen molar-refractivity contribution in [1.82, 2.24) is 5.32 Å². The molecule has 0 aliphatic rings. The van der Waals surface area contributed by atoms with Crippen molar-refractivity contribution >= 4 is 68.5 Å². The second kappa shape index (κ2) is 12.1. The third-order valence-electron chi connectivity index (χ3n) is 4.89. The van der Waals surface area contributed by atoms with Crippen molar-refractivity contribution in [2.45, 2.75) is 45.7 Å². The van der Waals surface area contributed by atoms with E-state index in [9.17, 15) is 22.8 Å². The second-order valence-electron chi connectivity index (χ2n) is 9.18. The molecule has 3 nitrogen and oxygen atoms in total. The quantitative estimate of drug-likeness (QED) is 0.239. The maximum absolute atomic E-state index is 13.7. The summed E-state index contributed by atoms with van der Waals surface area (Å²) in [7, 11) is 0. The molecule has 0 aromatic heterocycles. The van der Waals surface area contributed by atoms with Crippen molar-refractivity contribution < 1.29 is 22.8 Å². The first-order valence-electron chi connectivity index (χ1n) is 10.6. The molecule has 2 aromatic carbocycles. The topological polar surface area (TPSA) is 46.2 Å². The molecular weight excluding hydrogens is 590 g/mol. The second-order valence-corrected chi connectivity index (χ2v) is 11.2. The van der Waals surface area contributed by atoms with Crippen LogP contribution in [-0.2, 0) is 4.79 Å². The molecule has 0 radical (unpaired) electrons. The summed E-state index contributed by atoms with van der Waals surface area (Å²) < 4.78 is 41.6. The molecule has 0 aliphatic heterocycles. The Labute approximate surface area is 226 Å². The Balaban J connectivity index is 2.15. The lowest BCUT2D eigenvalue weighted by Crippen LogP contribution is -2.32. The first kappa shape index (κ1) is 29.7. The van der Waals surface area contributed by atoms with Gasteiger partial charge in [-0.3, -0.25) is 9.59 Å². The number of ketones is 1. The average molecular weight is 614 g/mol. The Bertz CT molecular complexity index is 1100. The normalized spacial score (nSPS) is 13.2. The van der Waals surface area contributed by atoms with Gasteiger partial charge in [-0.1, -0.05) is 89.7 Å². The fourth-order valence-electron chi connectivity index (χ4n) is 3.05. The van der Waals surface area contributed by atoms with Crippen molar-refractivity contribution in [3.8, 4) is 0 Å². The van der Waals surface area contributed by atoms with Gasteiger partial charge in [0, 0.05) is 29.4 Å². The van der Waals surface area contributed by atoms with Gasteiger partial charge in [0.15, 0.2) is 5.78 Å². The molecule has 0 fully saturated rings. The Morgan fingerprint density at radius 3 is 2.14 bits per heavy atom. The number of hydrogen-bond acceptors (Lipinski definition) is 2. The molecule has 0 saturated heterocycles. The van der Waals surface area contributed by atoms with E-state index < -0.39 is 12.1 Å². The summed E-state index contributed by atoms with van der Waals surface area (Å²) in [6, 6.07) is 6.85. The summed E-state index contributed by atoms with van der Waals surface area (Å²) in [5.74, 6) is -2.44. The minimum absolute atomic E-state index is 0.0119. The van der Waals surface area contributed by atoms with E-state index in [4.69, 9.17) is 34.8 Å². The van der Waals surface area contributed by atoms with Crippen LogP contribution in [0.4, 0.5) is 13.2 Å². The van der Waals surface area contributed by atoms with Gasteiger partial charge in [0.05, 0.1) is 21.0 Å². The van der Waals surface area contributed by atoms with Gasteiger partial charge in [-0.25, -0.2) is 0 Å². The van der Waals surface area contributed by atoms with Gasteiger partial charge in [0.2, 0.25) is 5.91 Å². The van der Waals surface area contributed by atoms with E-state index in [1.165, 1.54) is 18.2 Å². The van der Waals surface area contributed by atoms with Crippen LogP contribution in [-0.4, -0.2) is 24.4 Å². The number of amides is 1. The Kier molecular flexibility index (Phi) is 10.3. The van der Waals surface area contributed by atoms with Crippen LogP contribution in [0.25, 0.3) is 6.08 Å². The third-order valence-corrected chi connectivity index (χ3v) is 6.74. The van der Waals surface area contributed by atoms with Crippen LogP contribution >= 0.6 is 50.7 Å². The number of carbonyl (C=O) groups is 2. The minimum Gasteiger partial charge on any atom is -0.356 e. The fourth-order valence-corrected chi connectivity index (χ4v) is 4.28. The van der Waals surface area contributed by atoms with Crippen molar-refractivity contribution in [3.05, 3.63) is 72.6 Å². The lowest BCUT2D eigenvalue weighted by molar-refractivity contribution is -0.139. The standard InChI is InChI=1S/C25H24BrCl3F3NO2/c1-24(2,3)13-33-22(35)9-8-21(34)16-6-4-14(10-18(16)26)5-7-17(25(30,31)32)15-11-19(27)23(29)20(28)12-15/h4-7,10-12,17H,8-9,13H2,1-3H3,(H,33,35)/b7-5+. The van der Waals surface area contributed by atoms with E-state index in [2.05, 4.69) is 21.2 Å². The molecule has 0 aliphatic carbocycles. The summed E-state index contributed by atoms with van der Waals surface area (Å²) >= 11 is 21.0. The molecule has 1 amide bonds. The molecule has 1 N–H and O–H groups in total. The van der Waals surface area contributed by atoms with Crippen molar-refractivity contribution in [2.24, 2.45) is 5.41 Å². The largest absolute Gasteiger partial charge is 0.399 e. The fraction of sp³-hybridized carbons (Fsp3) is 0.360. The van der Waals surface area contributed by atoms with Crippen molar-refractivity contribution in [1.29, 1.82) is 0 Å². The molecule has 35 heavy (non-hydrogen) atoms. The number of allylic oxidation sites excluding steroid dienone is 1. The highest BCUT2D eigenvalue weighted by atomic mass is 79.9. The van der Waals surface area contributed by atoms with Gasteiger partial charge < -0.3 is 5.32 Å². The average Bonchev–Trinajstić information content (AvgIpc) is 2.73. The zero-order chi connectivity index (χ0) is 26.6. The number of halogens is 7. The highest BCUT2D eigenvalue weighted by Crippen LogP contribution is 2.41. The number of nitrogens with one attached hydrogen (secondary N) is 1. The minimum atomic E-state index is -4.60. The lowest BCUT2D eigenvalue weighted by atomic mass is 9.96. The predicted octanol–water partition coefficient (Wildman–Crippen LogP) is 8.89. The molecule has 1 unspecified atom stereocenters.